The number of hydrogen-bond donors (Lipinski definition) is 2. The highest BCUT2D eigenvalue weighted by Crippen LogP contribution is 2.25. The standard InChI is InChI=1S/C16H24N2O2/c17-15(10-9-13-5-2-1-3-6-13)16(20)18(11-12-19)14-7-4-8-14/h1-3,5-6,14-15,19H,4,7-12,17H2. The normalized spacial score (nSPS) is 16.5. The molecule has 0 radical (unpaired) electrons. The molecule has 1 aliphatic carbocycles. The maximum absolute atomic E-state index is 12.4. The van der Waals surface area contributed by atoms with Crippen LogP contribution in [0.2, 0.25) is 0 Å². The lowest BCUT2D eigenvalue weighted by Crippen LogP contribution is -2.52. The third-order valence-corrected chi connectivity index (χ3v) is 4.04. The summed E-state index contributed by atoms with van der Waals surface area (Å²) in [6.07, 6.45) is 4.70. The van der Waals surface area contributed by atoms with E-state index in [1.165, 1.54) is 12.0 Å². The van der Waals surface area contributed by atoms with E-state index < -0.39 is 6.04 Å². The third-order valence-electron chi connectivity index (χ3n) is 4.04. The number of aliphatic hydroxyl groups is 1. The molecule has 1 atom stereocenters. The van der Waals surface area contributed by atoms with Crippen molar-refractivity contribution >= 4 is 5.91 Å². The number of aryl methyl sites for hydroxylation is 1. The molecule has 1 aromatic carbocycles. The summed E-state index contributed by atoms with van der Waals surface area (Å²) in [6.45, 7) is 0.413. The van der Waals surface area contributed by atoms with Crippen molar-refractivity contribution in [3.8, 4) is 0 Å². The van der Waals surface area contributed by atoms with Crippen LogP contribution < -0.4 is 5.73 Å². The minimum atomic E-state index is -0.470. The molecule has 1 unspecified atom stereocenters. The van der Waals surface area contributed by atoms with Gasteiger partial charge >= 0.3 is 0 Å². The van der Waals surface area contributed by atoms with E-state index in [-0.39, 0.29) is 18.6 Å². The Balaban J connectivity index is 1.86. The molecule has 0 aromatic heterocycles. The summed E-state index contributed by atoms with van der Waals surface area (Å²) in [5, 5.41) is 9.11. The lowest BCUT2D eigenvalue weighted by molar-refractivity contribution is -0.137. The fourth-order valence-electron chi connectivity index (χ4n) is 2.58. The molecule has 0 aliphatic heterocycles. The molecule has 0 saturated heterocycles. The Morgan fingerprint density at radius 3 is 2.60 bits per heavy atom. The Bertz CT molecular complexity index is 418. The lowest BCUT2D eigenvalue weighted by Gasteiger charge is -2.38. The van der Waals surface area contributed by atoms with Crippen LogP contribution in [0.25, 0.3) is 0 Å². The van der Waals surface area contributed by atoms with Crippen LogP contribution in [0.1, 0.15) is 31.2 Å². The van der Waals surface area contributed by atoms with Crippen molar-refractivity contribution in [3.05, 3.63) is 35.9 Å². The zero-order chi connectivity index (χ0) is 14.4. The second-order valence-electron chi connectivity index (χ2n) is 5.47. The van der Waals surface area contributed by atoms with E-state index in [0.29, 0.717) is 13.0 Å². The lowest BCUT2D eigenvalue weighted by atomic mass is 9.90. The second kappa shape index (κ2) is 7.41. The van der Waals surface area contributed by atoms with Gasteiger partial charge in [-0.2, -0.15) is 0 Å². The van der Waals surface area contributed by atoms with Crippen molar-refractivity contribution in [2.24, 2.45) is 5.73 Å². The molecular weight excluding hydrogens is 252 g/mol. The maximum atomic E-state index is 12.4. The monoisotopic (exact) mass is 276 g/mol. The first kappa shape index (κ1) is 15.0. The van der Waals surface area contributed by atoms with Crippen LogP contribution in [-0.2, 0) is 11.2 Å². The van der Waals surface area contributed by atoms with Gasteiger partial charge in [0.1, 0.15) is 0 Å². The number of benzene rings is 1. The van der Waals surface area contributed by atoms with Gasteiger partial charge in [0.05, 0.1) is 12.6 Å². The number of rotatable bonds is 7. The summed E-state index contributed by atoms with van der Waals surface area (Å²) in [4.78, 5) is 14.2. The maximum Gasteiger partial charge on any atom is 0.239 e. The van der Waals surface area contributed by atoms with Gasteiger partial charge < -0.3 is 15.7 Å². The van der Waals surface area contributed by atoms with E-state index in [9.17, 15) is 4.79 Å². The zero-order valence-corrected chi connectivity index (χ0v) is 11.9. The number of aliphatic hydroxyl groups excluding tert-OH is 1. The van der Waals surface area contributed by atoms with Crippen LogP contribution >= 0.6 is 0 Å². The fraction of sp³-hybridized carbons (Fsp3) is 0.562. The summed E-state index contributed by atoms with van der Waals surface area (Å²) >= 11 is 0. The van der Waals surface area contributed by atoms with Crippen LogP contribution in [-0.4, -0.2) is 41.1 Å². The van der Waals surface area contributed by atoms with Gasteiger partial charge in [-0.05, 0) is 37.7 Å². The predicted molar refractivity (Wildman–Crippen MR) is 79.2 cm³/mol. The molecule has 1 fully saturated rings. The predicted octanol–water partition coefficient (Wildman–Crippen LogP) is 1.32. The summed E-state index contributed by atoms with van der Waals surface area (Å²) in [5.74, 6) is -0.0142. The van der Waals surface area contributed by atoms with Gasteiger partial charge in [-0.15, -0.1) is 0 Å². The first-order valence-corrected chi connectivity index (χ1v) is 7.43. The van der Waals surface area contributed by atoms with Crippen molar-refractivity contribution < 1.29 is 9.90 Å². The summed E-state index contributed by atoms with van der Waals surface area (Å²) in [7, 11) is 0. The van der Waals surface area contributed by atoms with Crippen LogP contribution in [0.4, 0.5) is 0 Å². The van der Waals surface area contributed by atoms with E-state index >= 15 is 0 Å². The molecule has 1 aromatic rings. The van der Waals surface area contributed by atoms with Gasteiger partial charge in [-0.3, -0.25) is 4.79 Å². The highest BCUT2D eigenvalue weighted by molar-refractivity contribution is 5.82. The van der Waals surface area contributed by atoms with Crippen molar-refractivity contribution in [1.29, 1.82) is 0 Å². The molecule has 0 bridgehead atoms. The molecular formula is C16H24N2O2. The van der Waals surface area contributed by atoms with Gasteiger partial charge in [0.2, 0.25) is 5.91 Å². The highest BCUT2D eigenvalue weighted by Gasteiger charge is 2.30. The fourth-order valence-corrected chi connectivity index (χ4v) is 2.58. The second-order valence-corrected chi connectivity index (χ2v) is 5.47. The van der Waals surface area contributed by atoms with E-state index in [4.69, 9.17) is 10.8 Å². The van der Waals surface area contributed by atoms with Crippen molar-refractivity contribution in [2.45, 2.75) is 44.2 Å². The number of nitrogens with two attached hydrogens (primary N) is 1. The first-order chi connectivity index (χ1) is 9.72. The number of hydrogen-bond acceptors (Lipinski definition) is 3. The van der Waals surface area contributed by atoms with Gasteiger partial charge in [0, 0.05) is 12.6 Å². The van der Waals surface area contributed by atoms with E-state index in [1.807, 2.05) is 18.2 Å². The Morgan fingerprint density at radius 1 is 1.35 bits per heavy atom. The number of nitrogens with zero attached hydrogens (tertiary/aromatic N) is 1. The molecule has 2 rings (SSSR count). The average molecular weight is 276 g/mol. The molecule has 4 heteroatoms. The minimum Gasteiger partial charge on any atom is -0.395 e. The van der Waals surface area contributed by atoms with E-state index in [2.05, 4.69) is 12.1 Å². The largest absolute Gasteiger partial charge is 0.395 e. The van der Waals surface area contributed by atoms with Crippen LogP contribution in [0.5, 0.6) is 0 Å². The van der Waals surface area contributed by atoms with Gasteiger partial charge in [-0.25, -0.2) is 0 Å². The minimum absolute atomic E-state index is 0.00758. The molecule has 0 spiro atoms. The number of amides is 1. The average Bonchev–Trinajstić information content (AvgIpc) is 2.42. The Kier molecular flexibility index (Phi) is 5.56. The number of carbonyl (C=O) groups is 1. The van der Waals surface area contributed by atoms with Gasteiger partial charge in [0.15, 0.2) is 0 Å². The SMILES string of the molecule is NC(CCc1ccccc1)C(=O)N(CCO)C1CCC1. The first-order valence-electron chi connectivity index (χ1n) is 7.43. The Labute approximate surface area is 120 Å². The molecule has 1 amide bonds. The van der Waals surface area contributed by atoms with Crippen LogP contribution in [0.3, 0.4) is 0 Å². The zero-order valence-electron chi connectivity index (χ0n) is 11.9. The van der Waals surface area contributed by atoms with E-state index in [0.717, 1.165) is 19.3 Å². The van der Waals surface area contributed by atoms with Crippen molar-refractivity contribution in [3.63, 3.8) is 0 Å². The Morgan fingerprint density at radius 2 is 2.05 bits per heavy atom. The van der Waals surface area contributed by atoms with E-state index in [1.54, 1.807) is 4.90 Å². The van der Waals surface area contributed by atoms with Crippen LogP contribution in [0, 0.1) is 0 Å². The third kappa shape index (κ3) is 3.81. The summed E-state index contributed by atoms with van der Waals surface area (Å²) in [5.41, 5.74) is 7.24. The molecule has 1 saturated carbocycles. The molecule has 4 nitrogen and oxygen atoms in total. The molecule has 0 heterocycles. The Hall–Kier alpha value is -1.39. The van der Waals surface area contributed by atoms with Gasteiger partial charge in [-0.1, -0.05) is 30.3 Å². The molecule has 3 N–H and O–H groups in total. The van der Waals surface area contributed by atoms with Crippen molar-refractivity contribution in [1.82, 2.24) is 4.90 Å². The molecule has 110 valence electrons. The molecule has 20 heavy (non-hydrogen) atoms. The van der Waals surface area contributed by atoms with Crippen molar-refractivity contribution in [2.75, 3.05) is 13.2 Å². The summed E-state index contributed by atoms with van der Waals surface area (Å²) in [6, 6.07) is 9.89. The molecule has 1 aliphatic rings. The van der Waals surface area contributed by atoms with Crippen LogP contribution in [0.15, 0.2) is 30.3 Å². The highest BCUT2D eigenvalue weighted by atomic mass is 16.3. The topological polar surface area (TPSA) is 66.6 Å². The quantitative estimate of drug-likeness (QED) is 0.789. The number of carbonyl (C=O) groups excluding carboxylic acids is 1. The van der Waals surface area contributed by atoms with Gasteiger partial charge in [0.25, 0.3) is 0 Å². The smallest absolute Gasteiger partial charge is 0.239 e. The summed E-state index contributed by atoms with van der Waals surface area (Å²) < 4.78 is 0.